The van der Waals surface area contributed by atoms with Gasteiger partial charge >= 0.3 is 5.76 Å². The Labute approximate surface area is 177 Å². The third kappa shape index (κ3) is 3.88. The Hall–Kier alpha value is -2.76. The highest BCUT2D eigenvalue weighted by atomic mass is 79.9. The van der Waals surface area contributed by atoms with Crippen molar-refractivity contribution >= 4 is 65.7 Å². The molecule has 0 fully saturated rings. The first-order chi connectivity index (χ1) is 13.7. The Bertz CT molecular complexity index is 1390. The molecule has 2 aromatic heterocycles. The highest BCUT2D eigenvalue weighted by molar-refractivity contribution is 9.10. The van der Waals surface area contributed by atoms with Crippen LogP contribution in [0, 0.1) is 0 Å². The molecule has 3 N–H and O–H groups in total. The number of halogens is 2. The number of aromatic amines is 1. The molecule has 12 heteroatoms. The molecule has 0 saturated carbocycles. The number of fused-ring (bicyclic) bond motifs is 1. The van der Waals surface area contributed by atoms with E-state index in [1.54, 1.807) is 48.4 Å². The second-order valence-corrected chi connectivity index (χ2v) is 8.96. The zero-order valence-corrected chi connectivity index (χ0v) is 17.9. The predicted octanol–water partition coefficient (Wildman–Crippen LogP) is 3.81. The quantitative estimate of drug-likeness (QED) is 0.384. The number of hydrogen-bond donors (Lipinski definition) is 3. The van der Waals surface area contributed by atoms with Gasteiger partial charge in [0.05, 0.1) is 23.1 Å². The SMILES string of the molecule is Cn1cc(Nc2cccc(NS(=O)(=O)c3c(Br)cc4[nH]c(=O)oc4c3Cl)c2)cn1. The minimum atomic E-state index is -4.09. The number of nitrogens with zero attached hydrogens (tertiary/aromatic N) is 2. The van der Waals surface area contributed by atoms with Gasteiger partial charge in [0.2, 0.25) is 0 Å². The summed E-state index contributed by atoms with van der Waals surface area (Å²) in [7, 11) is -2.30. The van der Waals surface area contributed by atoms with Gasteiger partial charge in [-0.25, -0.2) is 13.2 Å². The summed E-state index contributed by atoms with van der Waals surface area (Å²) < 4.78 is 35.2. The third-order valence-electron chi connectivity index (χ3n) is 3.94. The molecule has 29 heavy (non-hydrogen) atoms. The van der Waals surface area contributed by atoms with Gasteiger partial charge < -0.3 is 9.73 Å². The van der Waals surface area contributed by atoms with Crippen molar-refractivity contribution in [2.45, 2.75) is 4.90 Å². The molecule has 150 valence electrons. The molecule has 4 rings (SSSR count). The van der Waals surface area contributed by atoms with Crippen molar-refractivity contribution < 1.29 is 12.8 Å². The summed E-state index contributed by atoms with van der Waals surface area (Å²) in [5, 5.41) is 7.00. The van der Waals surface area contributed by atoms with Crippen molar-refractivity contribution in [3.05, 3.63) is 62.8 Å². The van der Waals surface area contributed by atoms with Crippen LogP contribution in [-0.2, 0) is 17.1 Å². The van der Waals surface area contributed by atoms with Crippen molar-refractivity contribution in [1.82, 2.24) is 14.8 Å². The molecule has 0 spiro atoms. The van der Waals surface area contributed by atoms with E-state index in [4.69, 9.17) is 16.0 Å². The number of sulfonamides is 1. The van der Waals surface area contributed by atoms with Crippen LogP contribution >= 0.6 is 27.5 Å². The van der Waals surface area contributed by atoms with Gasteiger partial charge in [0.25, 0.3) is 10.0 Å². The minimum Gasteiger partial charge on any atom is -0.406 e. The molecule has 0 amide bonds. The van der Waals surface area contributed by atoms with E-state index in [1.165, 1.54) is 6.07 Å². The van der Waals surface area contributed by atoms with Crippen LogP contribution in [0.15, 0.2) is 61.3 Å². The van der Waals surface area contributed by atoms with Gasteiger partial charge in [-0.15, -0.1) is 0 Å². The predicted molar refractivity (Wildman–Crippen MR) is 113 cm³/mol. The number of anilines is 3. The lowest BCUT2D eigenvalue weighted by molar-refractivity contribution is 0.554. The normalized spacial score (nSPS) is 11.7. The first kappa shape index (κ1) is 19.6. The second-order valence-electron chi connectivity index (χ2n) is 6.11. The fraction of sp³-hybridized carbons (Fsp3) is 0.0588. The van der Waals surface area contributed by atoms with E-state index in [2.05, 4.69) is 36.1 Å². The van der Waals surface area contributed by atoms with Crippen molar-refractivity contribution in [2.75, 3.05) is 10.0 Å². The van der Waals surface area contributed by atoms with Crippen LogP contribution in [0.3, 0.4) is 0 Å². The summed E-state index contributed by atoms with van der Waals surface area (Å²) in [6, 6.07) is 8.13. The van der Waals surface area contributed by atoms with E-state index in [1.807, 2.05) is 0 Å². The van der Waals surface area contributed by atoms with Gasteiger partial charge in [-0.05, 0) is 40.2 Å². The lowest BCUT2D eigenvalue weighted by Gasteiger charge is -2.12. The zero-order valence-electron chi connectivity index (χ0n) is 14.7. The molecular weight excluding hydrogens is 486 g/mol. The largest absolute Gasteiger partial charge is 0.417 e. The van der Waals surface area contributed by atoms with Crippen molar-refractivity contribution in [2.24, 2.45) is 7.05 Å². The van der Waals surface area contributed by atoms with Gasteiger partial charge in [0, 0.05) is 23.4 Å². The highest BCUT2D eigenvalue weighted by Crippen LogP contribution is 2.36. The van der Waals surface area contributed by atoms with Crippen LogP contribution in [0.1, 0.15) is 0 Å². The Morgan fingerprint density at radius 2 is 2.00 bits per heavy atom. The maximum absolute atomic E-state index is 13.0. The van der Waals surface area contributed by atoms with Gasteiger partial charge in [-0.1, -0.05) is 17.7 Å². The first-order valence-electron chi connectivity index (χ1n) is 8.12. The number of aryl methyl sites for hydroxylation is 1. The Morgan fingerprint density at radius 3 is 2.72 bits per heavy atom. The molecule has 0 unspecified atom stereocenters. The molecule has 0 bridgehead atoms. The summed E-state index contributed by atoms with van der Waals surface area (Å²) in [5.74, 6) is -0.731. The summed E-state index contributed by atoms with van der Waals surface area (Å²) >= 11 is 9.43. The van der Waals surface area contributed by atoms with E-state index >= 15 is 0 Å². The van der Waals surface area contributed by atoms with E-state index in [0.717, 1.165) is 5.69 Å². The van der Waals surface area contributed by atoms with E-state index < -0.39 is 15.8 Å². The van der Waals surface area contributed by atoms with Crippen LogP contribution in [-0.4, -0.2) is 23.2 Å². The van der Waals surface area contributed by atoms with Crippen molar-refractivity contribution in [3.8, 4) is 0 Å². The average Bonchev–Trinajstić information content (AvgIpc) is 3.19. The number of aromatic nitrogens is 3. The molecule has 0 radical (unpaired) electrons. The molecule has 0 saturated heterocycles. The van der Waals surface area contributed by atoms with Crippen LogP contribution < -0.4 is 15.8 Å². The van der Waals surface area contributed by atoms with Gasteiger partial charge in [0.1, 0.15) is 9.92 Å². The number of H-pyrrole nitrogens is 1. The molecular formula is C17H13BrClN5O4S. The molecule has 9 nitrogen and oxygen atoms in total. The maximum atomic E-state index is 13.0. The number of rotatable bonds is 5. The summed E-state index contributed by atoms with van der Waals surface area (Å²) in [5.41, 5.74) is 1.99. The van der Waals surface area contributed by atoms with Crippen LogP contribution in [0.25, 0.3) is 11.1 Å². The maximum Gasteiger partial charge on any atom is 0.417 e. The fourth-order valence-corrected chi connectivity index (χ4v) is 5.68. The van der Waals surface area contributed by atoms with Gasteiger partial charge in [-0.3, -0.25) is 14.4 Å². The Morgan fingerprint density at radius 1 is 1.24 bits per heavy atom. The van der Waals surface area contributed by atoms with Crippen molar-refractivity contribution in [1.29, 1.82) is 0 Å². The van der Waals surface area contributed by atoms with Crippen LogP contribution in [0.5, 0.6) is 0 Å². The molecule has 0 aliphatic rings. The zero-order chi connectivity index (χ0) is 20.8. The fourth-order valence-electron chi connectivity index (χ4n) is 2.77. The summed E-state index contributed by atoms with van der Waals surface area (Å²) in [6.45, 7) is 0. The molecule has 2 heterocycles. The van der Waals surface area contributed by atoms with Crippen LogP contribution in [0.2, 0.25) is 5.02 Å². The first-order valence-corrected chi connectivity index (χ1v) is 10.8. The highest BCUT2D eigenvalue weighted by Gasteiger charge is 2.26. The number of nitrogens with one attached hydrogen (secondary N) is 3. The molecule has 0 aliphatic carbocycles. The monoisotopic (exact) mass is 497 g/mol. The second kappa shape index (κ2) is 7.25. The molecule has 0 aliphatic heterocycles. The van der Waals surface area contributed by atoms with Gasteiger partial charge in [-0.2, -0.15) is 5.10 Å². The minimum absolute atomic E-state index is 0.0350. The smallest absolute Gasteiger partial charge is 0.406 e. The van der Waals surface area contributed by atoms with E-state index in [9.17, 15) is 13.2 Å². The summed E-state index contributed by atoms with van der Waals surface area (Å²) in [6.07, 6.45) is 3.43. The average molecular weight is 499 g/mol. The third-order valence-corrected chi connectivity index (χ3v) is 6.77. The van der Waals surface area contributed by atoms with E-state index in [-0.39, 0.29) is 25.5 Å². The van der Waals surface area contributed by atoms with E-state index in [0.29, 0.717) is 11.4 Å². The molecule has 0 atom stereocenters. The Kier molecular flexibility index (Phi) is 4.89. The standard InChI is InChI=1S/C17H13BrClN5O4S/c1-24-8-11(7-20-24)21-9-3-2-4-10(5-9)23-29(26,27)16-12(18)6-13-15(14(16)19)28-17(25)22-13/h2-8,21,23H,1H3,(H,22,25). The van der Waals surface area contributed by atoms with Crippen LogP contribution in [0.4, 0.5) is 17.1 Å². The number of benzene rings is 2. The Balaban J connectivity index is 1.68. The molecule has 4 aromatic rings. The van der Waals surface area contributed by atoms with Gasteiger partial charge in [0.15, 0.2) is 5.58 Å². The lowest BCUT2D eigenvalue weighted by atomic mass is 10.3. The number of oxazole rings is 1. The summed E-state index contributed by atoms with van der Waals surface area (Å²) in [4.78, 5) is 13.6. The molecule has 2 aromatic carbocycles. The van der Waals surface area contributed by atoms with Crippen molar-refractivity contribution in [3.63, 3.8) is 0 Å². The topological polar surface area (TPSA) is 122 Å². The number of hydrogen-bond acceptors (Lipinski definition) is 6. The lowest BCUT2D eigenvalue weighted by Crippen LogP contribution is -2.14.